The van der Waals surface area contributed by atoms with Crippen LogP contribution in [-0.4, -0.2) is 41.4 Å². The smallest absolute Gasteiger partial charge is 0.191 e. The lowest BCUT2D eigenvalue weighted by Crippen LogP contribution is -2.40. The van der Waals surface area contributed by atoms with E-state index in [-0.39, 0.29) is 0 Å². The number of hydrogen-bond acceptors (Lipinski definition) is 3. The Bertz CT molecular complexity index is 212. The summed E-state index contributed by atoms with van der Waals surface area (Å²) >= 11 is 0. The summed E-state index contributed by atoms with van der Waals surface area (Å²) < 4.78 is 16.8. The van der Waals surface area contributed by atoms with E-state index in [9.17, 15) is 0 Å². The van der Waals surface area contributed by atoms with Gasteiger partial charge in [-0.25, -0.2) is 0 Å². The molecular weight excluding hydrogens is 256 g/mol. The van der Waals surface area contributed by atoms with Crippen molar-refractivity contribution in [3.8, 4) is 0 Å². The van der Waals surface area contributed by atoms with E-state index >= 15 is 0 Å². The summed E-state index contributed by atoms with van der Waals surface area (Å²) in [6.07, 6.45) is 3.44. The molecule has 0 unspecified atom stereocenters. The highest BCUT2D eigenvalue weighted by atomic mass is 28.4. The zero-order chi connectivity index (χ0) is 14.8. The van der Waals surface area contributed by atoms with Gasteiger partial charge in [0.2, 0.25) is 0 Å². The molecule has 116 valence electrons. The quantitative estimate of drug-likeness (QED) is 0.421. The molecule has 4 heteroatoms. The van der Waals surface area contributed by atoms with Gasteiger partial charge in [0.1, 0.15) is 0 Å². The Morgan fingerprint density at radius 2 is 1.37 bits per heavy atom. The molecule has 0 N–H and O–H groups in total. The van der Waals surface area contributed by atoms with Gasteiger partial charge in [-0.3, -0.25) is 0 Å². The summed E-state index contributed by atoms with van der Waals surface area (Å²) in [5.74, 6) is 0. The number of unbranched alkanes of at least 4 members (excludes halogenated alkanes) is 2. The SMILES string of the molecule is CCOCCOCCCCCO[Si](C)(C)C(C)(C)C. The largest absolute Gasteiger partial charge is 0.417 e. The lowest BCUT2D eigenvalue weighted by molar-refractivity contribution is 0.0510. The third-order valence-corrected chi connectivity index (χ3v) is 8.32. The maximum atomic E-state index is 6.13. The topological polar surface area (TPSA) is 27.7 Å². The second-order valence-electron chi connectivity index (χ2n) is 6.48. The predicted octanol–water partition coefficient (Wildman–Crippen LogP) is 4.23. The molecule has 0 fully saturated rings. The van der Waals surface area contributed by atoms with Crippen LogP contribution in [0.15, 0.2) is 0 Å². The first-order valence-corrected chi connectivity index (χ1v) is 10.5. The molecule has 0 aromatic rings. The summed E-state index contributed by atoms with van der Waals surface area (Å²) in [6, 6.07) is 0. The lowest BCUT2D eigenvalue weighted by Gasteiger charge is -2.36. The maximum Gasteiger partial charge on any atom is 0.191 e. The molecule has 0 aliphatic rings. The first-order valence-electron chi connectivity index (χ1n) is 7.60. The average molecular weight is 291 g/mol. The molecule has 3 nitrogen and oxygen atoms in total. The van der Waals surface area contributed by atoms with Crippen LogP contribution in [0.1, 0.15) is 47.0 Å². The van der Waals surface area contributed by atoms with Crippen molar-refractivity contribution in [3.05, 3.63) is 0 Å². The van der Waals surface area contributed by atoms with Gasteiger partial charge in [-0.1, -0.05) is 20.8 Å². The monoisotopic (exact) mass is 290 g/mol. The summed E-state index contributed by atoms with van der Waals surface area (Å²) in [4.78, 5) is 0. The van der Waals surface area contributed by atoms with Crippen molar-refractivity contribution in [3.63, 3.8) is 0 Å². The Hall–Kier alpha value is 0.0969. The normalized spacial score (nSPS) is 12.9. The molecule has 0 saturated carbocycles. The second kappa shape index (κ2) is 9.92. The van der Waals surface area contributed by atoms with Gasteiger partial charge in [0.05, 0.1) is 13.2 Å². The lowest BCUT2D eigenvalue weighted by atomic mass is 10.2. The zero-order valence-corrected chi connectivity index (χ0v) is 14.9. The standard InChI is InChI=1S/C15H34O3Si/c1-7-16-13-14-17-11-9-8-10-12-18-19(5,6)15(2,3)4/h7-14H2,1-6H3. The van der Waals surface area contributed by atoms with E-state index in [1.807, 2.05) is 6.92 Å². The van der Waals surface area contributed by atoms with Crippen molar-refractivity contribution in [1.82, 2.24) is 0 Å². The zero-order valence-electron chi connectivity index (χ0n) is 13.9. The third-order valence-electron chi connectivity index (χ3n) is 3.78. The Morgan fingerprint density at radius 1 is 0.789 bits per heavy atom. The highest BCUT2D eigenvalue weighted by Gasteiger charge is 2.36. The van der Waals surface area contributed by atoms with Gasteiger partial charge in [0.25, 0.3) is 0 Å². The molecule has 19 heavy (non-hydrogen) atoms. The van der Waals surface area contributed by atoms with E-state index in [1.165, 1.54) is 6.42 Å². The molecule has 0 spiro atoms. The summed E-state index contributed by atoms with van der Waals surface area (Å²) in [7, 11) is -1.54. The molecule has 0 amide bonds. The van der Waals surface area contributed by atoms with Gasteiger partial charge in [0, 0.05) is 19.8 Å². The van der Waals surface area contributed by atoms with Gasteiger partial charge >= 0.3 is 0 Å². The first kappa shape index (κ1) is 19.1. The van der Waals surface area contributed by atoms with Gasteiger partial charge in [-0.05, 0) is 44.3 Å². The van der Waals surface area contributed by atoms with Crippen LogP contribution in [0.4, 0.5) is 0 Å². The van der Waals surface area contributed by atoms with Crippen molar-refractivity contribution >= 4 is 8.32 Å². The van der Waals surface area contributed by atoms with Crippen molar-refractivity contribution in [2.45, 2.75) is 65.1 Å². The number of rotatable bonds is 11. The van der Waals surface area contributed by atoms with E-state index in [0.717, 1.165) is 32.7 Å². The fraction of sp³-hybridized carbons (Fsp3) is 1.00. The maximum absolute atomic E-state index is 6.13. The van der Waals surface area contributed by atoms with Gasteiger partial charge in [-0.15, -0.1) is 0 Å². The molecule has 0 bridgehead atoms. The first-order chi connectivity index (χ1) is 8.81. The van der Waals surface area contributed by atoms with Crippen LogP contribution in [-0.2, 0) is 13.9 Å². The van der Waals surface area contributed by atoms with E-state index < -0.39 is 8.32 Å². The number of hydrogen-bond donors (Lipinski definition) is 0. The van der Waals surface area contributed by atoms with Crippen LogP contribution in [0.25, 0.3) is 0 Å². The summed E-state index contributed by atoms with van der Waals surface area (Å²) in [5.41, 5.74) is 0. The molecule has 0 saturated heterocycles. The van der Waals surface area contributed by atoms with Crippen LogP contribution in [0.5, 0.6) is 0 Å². The fourth-order valence-electron chi connectivity index (χ4n) is 1.39. The molecule has 0 radical (unpaired) electrons. The van der Waals surface area contributed by atoms with E-state index in [2.05, 4.69) is 33.9 Å². The second-order valence-corrected chi connectivity index (χ2v) is 11.3. The minimum atomic E-state index is -1.54. The highest BCUT2D eigenvalue weighted by molar-refractivity contribution is 6.74. The minimum absolute atomic E-state index is 0.315. The summed E-state index contributed by atoms with van der Waals surface area (Å²) in [6.45, 7) is 17.4. The van der Waals surface area contributed by atoms with Gasteiger partial charge in [0.15, 0.2) is 8.32 Å². The fourth-order valence-corrected chi connectivity index (χ4v) is 2.48. The molecule has 0 heterocycles. The van der Waals surface area contributed by atoms with Crippen molar-refractivity contribution in [2.75, 3.05) is 33.0 Å². The van der Waals surface area contributed by atoms with E-state index in [1.54, 1.807) is 0 Å². The highest BCUT2D eigenvalue weighted by Crippen LogP contribution is 2.36. The Balaban J connectivity index is 3.37. The van der Waals surface area contributed by atoms with E-state index in [0.29, 0.717) is 18.3 Å². The predicted molar refractivity (Wildman–Crippen MR) is 84.3 cm³/mol. The van der Waals surface area contributed by atoms with Gasteiger partial charge < -0.3 is 13.9 Å². The molecule has 0 aliphatic heterocycles. The van der Waals surface area contributed by atoms with Crippen molar-refractivity contribution in [2.24, 2.45) is 0 Å². The van der Waals surface area contributed by atoms with E-state index in [4.69, 9.17) is 13.9 Å². The average Bonchev–Trinajstić information content (AvgIpc) is 2.30. The van der Waals surface area contributed by atoms with Crippen LogP contribution in [0, 0.1) is 0 Å². The van der Waals surface area contributed by atoms with Crippen LogP contribution in [0.2, 0.25) is 18.1 Å². The third kappa shape index (κ3) is 9.60. The van der Waals surface area contributed by atoms with Crippen LogP contribution in [0.3, 0.4) is 0 Å². The molecule has 0 aromatic carbocycles. The Morgan fingerprint density at radius 3 is 1.95 bits per heavy atom. The number of ether oxygens (including phenoxy) is 2. The van der Waals surface area contributed by atoms with Crippen LogP contribution < -0.4 is 0 Å². The molecular formula is C15H34O3Si. The molecule has 0 atom stereocenters. The molecule has 0 aromatic heterocycles. The Kier molecular flexibility index (Phi) is 9.97. The van der Waals surface area contributed by atoms with Crippen molar-refractivity contribution < 1.29 is 13.9 Å². The Labute approximate surface area is 121 Å². The molecule has 0 aliphatic carbocycles. The minimum Gasteiger partial charge on any atom is -0.417 e. The molecule has 0 rings (SSSR count). The van der Waals surface area contributed by atoms with Crippen molar-refractivity contribution in [1.29, 1.82) is 0 Å². The van der Waals surface area contributed by atoms with Crippen LogP contribution >= 0.6 is 0 Å². The summed E-state index contributed by atoms with van der Waals surface area (Å²) in [5, 5.41) is 0.315. The van der Waals surface area contributed by atoms with Gasteiger partial charge in [-0.2, -0.15) is 0 Å².